The standard InChI is InChI=1S/C12H13ClN2O2/c1-8(7-16-2)17-11-9-5-3-4-6-10(9)14-12(13)15-11/h3-6,8H,7H2,1-2H3. The van der Waals surface area contributed by atoms with Gasteiger partial charge in [-0.3, -0.25) is 0 Å². The molecule has 0 N–H and O–H groups in total. The summed E-state index contributed by atoms with van der Waals surface area (Å²) in [6.07, 6.45) is -0.0885. The van der Waals surface area contributed by atoms with Gasteiger partial charge < -0.3 is 9.47 Å². The zero-order chi connectivity index (χ0) is 12.3. The van der Waals surface area contributed by atoms with E-state index in [1.54, 1.807) is 7.11 Å². The average molecular weight is 253 g/mol. The van der Waals surface area contributed by atoms with Crippen LogP contribution < -0.4 is 4.74 Å². The highest BCUT2D eigenvalue weighted by Crippen LogP contribution is 2.24. The molecule has 1 aromatic carbocycles. The summed E-state index contributed by atoms with van der Waals surface area (Å²) in [5.74, 6) is 0.491. The van der Waals surface area contributed by atoms with Gasteiger partial charge in [0.05, 0.1) is 17.5 Å². The van der Waals surface area contributed by atoms with Crippen molar-refractivity contribution in [1.82, 2.24) is 9.97 Å². The fourth-order valence-corrected chi connectivity index (χ4v) is 1.74. The molecule has 17 heavy (non-hydrogen) atoms. The van der Waals surface area contributed by atoms with Crippen LogP contribution in [0, 0.1) is 0 Å². The quantitative estimate of drug-likeness (QED) is 0.785. The number of para-hydroxylation sites is 1. The molecule has 90 valence electrons. The smallest absolute Gasteiger partial charge is 0.226 e. The summed E-state index contributed by atoms with van der Waals surface area (Å²) >= 11 is 5.85. The largest absolute Gasteiger partial charge is 0.472 e. The van der Waals surface area contributed by atoms with Crippen molar-refractivity contribution < 1.29 is 9.47 Å². The second-order valence-corrected chi connectivity index (χ2v) is 4.04. The lowest BCUT2D eigenvalue weighted by atomic mass is 10.2. The summed E-state index contributed by atoms with van der Waals surface area (Å²) in [6.45, 7) is 2.41. The number of aromatic nitrogens is 2. The van der Waals surface area contributed by atoms with E-state index in [0.29, 0.717) is 12.5 Å². The highest BCUT2D eigenvalue weighted by Gasteiger charge is 2.10. The van der Waals surface area contributed by atoms with Gasteiger partial charge in [-0.25, -0.2) is 4.98 Å². The molecule has 0 fully saturated rings. The first-order valence-corrected chi connectivity index (χ1v) is 5.66. The summed E-state index contributed by atoms with van der Waals surface area (Å²) in [6, 6.07) is 7.58. The number of hydrogen-bond acceptors (Lipinski definition) is 4. The Balaban J connectivity index is 2.38. The van der Waals surface area contributed by atoms with Crippen LogP contribution in [0.3, 0.4) is 0 Å². The molecule has 0 bridgehead atoms. The van der Waals surface area contributed by atoms with E-state index in [9.17, 15) is 0 Å². The third kappa shape index (κ3) is 2.84. The van der Waals surface area contributed by atoms with Gasteiger partial charge in [-0.2, -0.15) is 4.98 Å². The van der Waals surface area contributed by atoms with E-state index < -0.39 is 0 Å². The summed E-state index contributed by atoms with van der Waals surface area (Å²) in [5, 5.41) is 1.03. The number of nitrogens with zero attached hydrogens (tertiary/aromatic N) is 2. The molecule has 1 unspecified atom stereocenters. The van der Waals surface area contributed by atoms with Gasteiger partial charge in [-0.05, 0) is 30.7 Å². The lowest BCUT2D eigenvalue weighted by molar-refractivity contribution is 0.0900. The predicted octanol–water partition coefficient (Wildman–Crippen LogP) is 2.70. The molecule has 1 aromatic heterocycles. The van der Waals surface area contributed by atoms with E-state index in [4.69, 9.17) is 21.1 Å². The lowest BCUT2D eigenvalue weighted by Crippen LogP contribution is -2.18. The molecule has 0 saturated heterocycles. The van der Waals surface area contributed by atoms with Crippen LogP contribution in [0.1, 0.15) is 6.92 Å². The number of methoxy groups -OCH3 is 1. The Labute approximate surface area is 105 Å². The zero-order valence-electron chi connectivity index (χ0n) is 9.68. The molecule has 0 aliphatic rings. The van der Waals surface area contributed by atoms with Gasteiger partial charge >= 0.3 is 0 Å². The van der Waals surface area contributed by atoms with Crippen LogP contribution in [0.15, 0.2) is 24.3 Å². The van der Waals surface area contributed by atoms with Crippen molar-refractivity contribution in [1.29, 1.82) is 0 Å². The van der Waals surface area contributed by atoms with Crippen molar-refractivity contribution in [3.8, 4) is 5.88 Å². The van der Waals surface area contributed by atoms with Gasteiger partial charge in [-0.15, -0.1) is 0 Å². The predicted molar refractivity (Wildman–Crippen MR) is 66.5 cm³/mol. The minimum Gasteiger partial charge on any atom is -0.472 e. The summed E-state index contributed by atoms with van der Waals surface area (Å²) in [7, 11) is 1.63. The minimum atomic E-state index is -0.0885. The molecule has 5 heteroatoms. The topological polar surface area (TPSA) is 44.2 Å². The average Bonchev–Trinajstić information content (AvgIpc) is 2.29. The Hall–Kier alpha value is -1.39. The first-order valence-electron chi connectivity index (χ1n) is 5.28. The molecule has 4 nitrogen and oxygen atoms in total. The van der Waals surface area contributed by atoms with Crippen LogP contribution in [0.4, 0.5) is 0 Å². The highest BCUT2D eigenvalue weighted by molar-refractivity contribution is 6.28. The second kappa shape index (κ2) is 5.29. The third-order valence-corrected chi connectivity index (χ3v) is 2.42. The maximum Gasteiger partial charge on any atom is 0.226 e. The minimum absolute atomic E-state index is 0.0885. The zero-order valence-corrected chi connectivity index (χ0v) is 10.4. The van der Waals surface area contributed by atoms with E-state index in [1.807, 2.05) is 31.2 Å². The van der Waals surface area contributed by atoms with Gasteiger partial charge in [0.25, 0.3) is 0 Å². The van der Waals surface area contributed by atoms with Crippen molar-refractivity contribution in [3.05, 3.63) is 29.5 Å². The third-order valence-electron chi connectivity index (χ3n) is 2.26. The molecular weight excluding hydrogens is 240 g/mol. The SMILES string of the molecule is COCC(C)Oc1nc(Cl)nc2ccccc12. The van der Waals surface area contributed by atoms with Crippen molar-refractivity contribution >= 4 is 22.5 Å². The van der Waals surface area contributed by atoms with Gasteiger partial charge in [0.15, 0.2) is 0 Å². The normalized spacial score (nSPS) is 12.6. The van der Waals surface area contributed by atoms with Crippen molar-refractivity contribution in [2.24, 2.45) is 0 Å². The van der Waals surface area contributed by atoms with Crippen LogP contribution in [0.2, 0.25) is 5.28 Å². The van der Waals surface area contributed by atoms with Crippen LogP contribution in [0.5, 0.6) is 5.88 Å². The molecule has 1 heterocycles. The number of benzene rings is 1. The maximum absolute atomic E-state index is 5.85. The number of hydrogen-bond donors (Lipinski definition) is 0. The van der Waals surface area contributed by atoms with Gasteiger partial charge in [0.1, 0.15) is 6.10 Å². The monoisotopic (exact) mass is 252 g/mol. The Morgan fingerprint density at radius 1 is 1.29 bits per heavy atom. The van der Waals surface area contributed by atoms with Gasteiger partial charge in [0, 0.05) is 7.11 Å². The van der Waals surface area contributed by atoms with E-state index in [2.05, 4.69) is 9.97 Å². The molecule has 0 spiro atoms. The Morgan fingerprint density at radius 2 is 2.06 bits per heavy atom. The first kappa shape index (κ1) is 12.1. The molecule has 0 aliphatic carbocycles. The van der Waals surface area contributed by atoms with Crippen molar-refractivity contribution in [3.63, 3.8) is 0 Å². The van der Waals surface area contributed by atoms with Gasteiger partial charge in [0.2, 0.25) is 11.2 Å². The lowest BCUT2D eigenvalue weighted by Gasteiger charge is -2.14. The van der Waals surface area contributed by atoms with Crippen LogP contribution >= 0.6 is 11.6 Å². The Kier molecular flexibility index (Phi) is 3.76. The van der Waals surface area contributed by atoms with Crippen LogP contribution in [0.25, 0.3) is 10.9 Å². The molecule has 0 amide bonds. The fourth-order valence-electron chi connectivity index (χ4n) is 1.57. The van der Waals surface area contributed by atoms with Crippen LogP contribution in [-0.2, 0) is 4.74 Å². The van der Waals surface area contributed by atoms with Crippen LogP contribution in [-0.4, -0.2) is 29.8 Å². The fraction of sp³-hybridized carbons (Fsp3) is 0.333. The summed E-state index contributed by atoms with van der Waals surface area (Å²) in [4.78, 5) is 8.23. The van der Waals surface area contributed by atoms with E-state index in [0.717, 1.165) is 10.9 Å². The number of fused-ring (bicyclic) bond motifs is 1. The van der Waals surface area contributed by atoms with Crippen molar-refractivity contribution in [2.75, 3.05) is 13.7 Å². The molecule has 2 aromatic rings. The molecule has 1 atom stereocenters. The second-order valence-electron chi connectivity index (χ2n) is 3.70. The molecular formula is C12H13ClN2O2. The highest BCUT2D eigenvalue weighted by atomic mass is 35.5. The molecule has 0 radical (unpaired) electrons. The number of rotatable bonds is 4. The molecule has 2 rings (SSSR count). The van der Waals surface area contributed by atoms with E-state index in [-0.39, 0.29) is 11.4 Å². The molecule has 0 saturated carbocycles. The number of ether oxygens (including phenoxy) is 2. The first-order chi connectivity index (χ1) is 8.20. The van der Waals surface area contributed by atoms with E-state index >= 15 is 0 Å². The van der Waals surface area contributed by atoms with E-state index in [1.165, 1.54) is 0 Å². The van der Waals surface area contributed by atoms with Gasteiger partial charge in [-0.1, -0.05) is 12.1 Å². The number of halogens is 1. The summed E-state index contributed by atoms with van der Waals surface area (Å²) in [5.41, 5.74) is 0.770. The molecule has 0 aliphatic heterocycles. The Morgan fingerprint density at radius 3 is 2.82 bits per heavy atom. The maximum atomic E-state index is 5.85. The van der Waals surface area contributed by atoms with Crippen molar-refractivity contribution in [2.45, 2.75) is 13.0 Å². The summed E-state index contributed by atoms with van der Waals surface area (Å²) < 4.78 is 10.7. The Bertz CT molecular complexity index is 519.